The predicted octanol–water partition coefficient (Wildman–Crippen LogP) is 2.57. The van der Waals surface area contributed by atoms with E-state index in [1.807, 2.05) is 25.3 Å². The minimum atomic E-state index is 0.0194. The molecule has 3 heterocycles. The van der Waals surface area contributed by atoms with Gasteiger partial charge in [-0.15, -0.1) is 10.2 Å². The highest BCUT2D eigenvalue weighted by Gasteiger charge is 2.15. The van der Waals surface area contributed by atoms with Gasteiger partial charge < -0.3 is 10.3 Å². The minimum Gasteiger partial charge on any atom is -0.324 e. The molecule has 1 atom stereocenters. The van der Waals surface area contributed by atoms with Crippen LogP contribution in [0, 0.1) is 0 Å². The standard InChI is InChI=1S/C14H19N5S/c1-10(15)11-6-7-13(16-9-11)20-14-18-17-12-5-3-2-4-8-19(12)14/h6-7,9-10H,2-5,8,15H2,1H3. The normalized spacial score (nSPS) is 16.5. The average Bonchev–Trinajstić information content (AvgIpc) is 2.69. The van der Waals surface area contributed by atoms with Gasteiger partial charge in [-0.2, -0.15) is 0 Å². The van der Waals surface area contributed by atoms with Gasteiger partial charge in [0.05, 0.1) is 0 Å². The number of aryl methyl sites for hydroxylation is 1. The van der Waals surface area contributed by atoms with Crippen molar-refractivity contribution in [3.8, 4) is 0 Å². The molecule has 5 nitrogen and oxygen atoms in total. The maximum atomic E-state index is 5.84. The highest BCUT2D eigenvalue weighted by Crippen LogP contribution is 2.27. The van der Waals surface area contributed by atoms with Gasteiger partial charge >= 0.3 is 0 Å². The van der Waals surface area contributed by atoms with Crippen molar-refractivity contribution in [1.29, 1.82) is 0 Å². The molecule has 0 spiro atoms. The molecule has 2 aromatic rings. The van der Waals surface area contributed by atoms with Crippen LogP contribution < -0.4 is 5.73 Å². The third-order valence-electron chi connectivity index (χ3n) is 3.56. The van der Waals surface area contributed by atoms with Crippen molar-refractivity contribution in [3.63, 3.8) is 0 Å². The Morgan fingerprint density at radius 3 is 2.90 bits per heavy atom. The molecule has 0 aliphatic carbocycles. The van der Waals surface area contributed by atoms with E-state index in [2.05, 4.69) is 19.7 Å². The maximum Gasteiger partial charge on any atom is 0.197 e. The molecule has 1 unspecified atom stereocenters. The number of nitrogens with two attached hydrogens (primary N) is 1. The van der Waals surface area contributed by atoms with Crippen molar-refractivity contribution in [2.75, 3.05) is 0 Å². The second kappa shape index (κ2) is 5.93. The Hall–Kier alpha value is -1.40. The maximum absolute atomic E-state index is 5.84. The molecule has 20 heavy (non-hydrogen) atoms. The number of hydrogen-bond donors (Lipinski definition) is 1. The number of hydrogen-bond acceptors (Lipinski definition) is 5. The average molecular weight is 289 g/mol. The first kappa shape index (κ1) is 13.6. The molecule has 2 aromatic heterocycles. The summed E-state index contributed by atoms with van der Waals surface area (Å²) < 4.78 is 2.23. The summed E-state index contributed by atoms with van der Waals surface area (Å²) in [7, 11) is 0. The monoisotopic (exact) mass is 289 g/mol. The lowest BCUT2D eigenvalue weighted by Crippen LogP contribution is -2.05. The third kappa shape index (κ3) is 2.86. The van der Waals surface area contributed by atoms with E-state index >= 15 is 0 Å². The van der Waals surface area contributed by atoms with Crippen LogP contribution in [0.5, 0.6) is 0 Å². The molecule has 2 N–H and O–H groups in total. The molecule has 0 radical (unpaired) electrons. The van der Waals surface area contributed by atoms with Crippen molar-refractivity contribution < 1.29 is 0 Å². The molecule has 1 aliphatic rings. The first-order chi connectivity index (χ1) is 9.74. The zero-order valence-corrected chi connectivity index (χ0v) is 12.4. The van der Waals surface area contributed by atoms with Crippen LogP contribution in [-0.4, -0.2) is 19.7 Å². The van der Waals surface area contributed by atoms with Crippen molar-refractivity contribution in [2.24, 2.45) is 5.73 Å². The van der Waals surface area contributed by atoms with E-state index < -0.39 is 0 Å². The third-order valence-corrected chi connectivity index (χ3v) is 4.49. The highest BCUT2D eigenvalue weighted by atomic mass is 32.2. The fraction of sp³-hybridized carbons (Fsp3) is 0.500. The molecule has 0 fully saturated rings. The number of pyridine rings is 1. The smallest absolute Gasteiger partial charge is 0.197 e. The first-order valence-electron chi connectivity index (χ1n) is 7.05. The van der Waals surface area contributed by atoms with Crippen molar-refractivity contribution in [2.45, 2.75) is 55.4 Å². The Labute approximate surface area is 123 Å². The summed E-state index contributed by atoms with van der Waals surface area (Å²) in [6.45, 7) is 2.98. The molecular weight excluding hydrogens is 270 g/mol. The molecule has 106 valence electrons. The van der Waals surface area contributed by atoms with E-state index in [4.69, 9.17) is 5.73 Å². The van der Waals surface area contributed by atoms with Crippen LogP contribution in [0.4, 0.5) is 0 Å². The summed E-state index contributed by atoms with van der Waals surface area (Å²) >= 11 is 1.58. The van der Waals surface area contributed by atoms with E-state index in [1.165, 1.54) is 19.3 Å². The Bertz CT molecular complexity index is 576. The van der Waals surface area contributed by atoms with Crippen LogP contribution in [-0.2, 0) is 13.0 Å². The fourth-order valence-electron chi connectivity index (χ4n) is 2.35. The summed E-state index contributed by atoms with van der Waals surface area (Å²) in [6.07, 6.45) is 6.56. The number of aromatic nitrogens is 4. The lowest BCUT2D eigenvalue weighted by Gasteiger charge is -2.07. The largest absolute Gasteiger partial charge is 0.324 e. The fourth-order valence-corrected chi connectivity index (χ4v) is 3.17. The summed E-state index contributed by atoms with van der Waals surface area (Å²) in [4.78, 5) is 4.45. The van der Waals surface area contributed by atoms with Crippen LogP contribution in [0.2, 0.25) is 0 Å². The molecule has 0 amide bonds. The van der Waals surface area contributed by atoms with Crippen LogP contribution in [0.1, 0.15) is 43.6 Å². The molecule has 3 rings (SSSR count). The van der Waals surface area contributed by atoms with Gasteiger partial charge in [-0.05, 0) is 43.2 Å². The second-order valence-corrected chi connectivity index (χ2v) is 6.17. The van der Waals surface area contributed by atoms with E-state index in [9.17, 15) is 0 Å². The SMILES string of the molecule is CC(N)c1ccc(Sc2nnc3n2CCCCC3)nc1. The summed E-state index contributed by atoms with van der Waals surface area (Å²) in [5, 5.41) is 10.5. The van der Waals surface area contributed by atoms with E-state index in [1.54, 1.807) is 11.8 Å². The number of rotatable bonds is 3. The van der Waals surface area contributed by atoms with Crippen molar-refractivity contribution >= 4 is 11.8 Å². The van der Waals surface area contributed by atoms with Crippen LogP contribution in [0.3, 0.4) is 0 Å². The molecule has 0 aromatic carbocycles. The summed E-state index contributed by atoms with van der Waals surface area (Å²) in [6, 6.07) is 4.05. The Kier molecular flexibility index (Phi) is 4.03. The van der Waals surface area contributed by atoms with E-state index in [0.29, 0.717) is 0 Å². The van der Waals surface area contributed by atoms with Gasteiger partial charge in [-0.3, -0.25) is 0 Å². The van der Waals surface area contributed by atoms with Gasteiger partial charge in [0, 0.05) is 25.2 Å². The predicted molar refractivity (Wildman–Crippen MR) is 78.5 cm³/mol. The van der Waals surface area contributed by atoms with Gasteiger partial charge in [-0.25, -0.2) is 4.98 Å². The van der Waals surface area contributed by atoms with Gasteiger partial charge in [0.1, 0.15) is 10.9 Å². The second-order valence-electron chi connectivity index (χ2n) is 5.18. The quantitative estimate of drug-likeness (QED) is 0.940. The first-order valence-corrected chi connectivity index (χ1v) is 7.87. The number of nitrogens with zero attached hydrogens (tertiary/aromatic N) is 4. The Morgan fingerprint density at radius 1 is 1.25 bits per heavy atom. The lowest BCUT2D eigenvalue weighted by atomic mass is 10.2. The van der Waals surface area contributed by atoms with Crippen molar-refractivity contribution in [3.05, 3.63) is 29.7 Å². The Morgan fingerprint density at radius 2 is 2.15 bits per heavy atom. The van der Waals surface area contributed by atoms with E-state index in [-0.39, 0.29) is 6.04 Å². The summed E-state index contributed by atoms with van der Waals surface area (Å²) in [5.74, 6) is 1.11. The Balaban J connectivity index is 1.79. The molecule has 1 aliphatic heterocycles. The topological polar surface area (TPSA) is 69.6 Å². The van der Waals surface area contributed by atoms with Gasteiger partial charge in [0.25, 0.3) is 0 Å². The van der Waals surface area contributed by atoms with Crippen molar-refractivity contribution in [1.82, 2.24) is 19.7 Å². The van der Waals surface area contributed by atoms with Gasteiger partial charge in [-0.1, -0.05) is 12.5 Å². The zero-order chi connectivity index (χ0) is 13.9. The molecule has 0 saturated carbocycles. The molecule has 0 saturated heterocycles. The zero-order valence-electron chi connectivity index (χ0n) is 11.6. The van der Waals surface area contributed by atoms with Crippen LogP contribution in [0.25, 0.3) is 0 Å². The lowest BCUT2D eigenvalue weighted by molar-refractivity contribution is 0.590. The molecule has 6 heteroatoms. The minimum absolute atomic E-state index is 0.0194. The number of fused-ring (bicyclic) bond motifs is 1. The summed E-state index contributed by atoms with van der Waals surface area (Å²) in [5.41, 5.74) is 6.89. The van der Waals surface area contributed by atoms with Crippen LogP contribution in [0.15, 0.2) is 28.5 Å². The van der Waals surface area contributed by atoms with Crippen LogP contribution >= 0.6 is 11.8 Å². The van der Waals surface area contributed by atoms with Gasteiger partial charge in [0.2, 0.25) is 0 Å². The van der Waals surface area contributed by atoms with Gasteiger partial charge in [0.15, 0.2) is 5.16 Å². The van der Waals surface area contributed by atoms with E-state index in [0.717, 1.165) is 34.5 Å². The molecular formula is C14H19N5S. The molecule has 0 bridgehead atoms. The highest BCUT2D eigenvalue weighted by molar-refractivity contribution is 7.99.